The molecule has 0 aromatic heterocycles. The number of hydrogen-bond acceptors (Lipinski definition) is 4. The predicted octanol–water partition coefficient (Wildman–Crippen LogP) is 3.08. The molecule has 0 spiro atoms. The number of benzene rings is 2. The second-order valence-corrected chi connectivity index (χ2v) is 8.50. The van der Waals surface area contributed by atoms with E-state index in [1.165, 1.54) is 0 Å². The first-order chi connectivity index (χ1) is 12.6. The normalized spacial score (nSPS) is 10.9. The lowest BCUT2D eigenvalue weighted by molar-refractivity contribution is -0.114. The van der Waals surface area contributed by atoms with Crippen LogP contribution in [-0.2, 0) is 21.2 Å². The number of nitrogens with one attached hydrogen (secondary N) is 1. The van der Waals surface area contributed by atoms with Crippen LogP contribution in [0, 0.1) is 32.1 Å². The van der Waals surface area contributed by atoms with Crippen LogP contribution >= 0.6 is 0 Å². The van der Waals surface area contributed by atoms with Crippen LogP contribution < -0.4 is 9.62 Å². The number of anilines is 2. The zero-order valence-corrected chi connectivity index (χ0v) is 16.7. The van der Waals surface area contributed by atoms with Crippen molar-refractivity contribution in [1.82, 2.24) is 0 Å². The van der Waals surface area contributed by atoms with Crippen molar-refractivity contribution < 1.29 is 13.2 Å². The number of hydrogen-bond donors (Lipinski definition) is 1. The van der Waals surface area contributed by atoms with Crippen molar-refractivity contribution in [2.24, 2.45) is 0 Å². The summed E-state index contributed by atoms with van der Waals surface area (Å²) in [5.41, 5.74) is 4.55. The van der Waals surface area contributed by atoms with Gasteiger partial charge in [-0.3, -0.25) is 9.10 Å². The average molecular weight is 385 g/mol. The molecule has 1 amide bonds. The molecular formula is C20H23N3O3S. The first kappa shape index (κ1) is 20.5. The number of carbonyl (C=O) groups is 1. The number of sulfonamides is 1. The van der Waals surface area contributed by atoms with Gasteiger partial charge in [-0.1, -0.05) is 29.8 Å². The van der Waals surface area contributed by atoms with E-state index in [1.807, 2.05) is 32.9 Å². The number of nitriles is 1. The molecule has 0 radical (unpaired) electrons. The van der Waals surface area contributed by atoms with Gasteiger partial charge in [0.05, 0.1) is 24.4 Å². The Hall–Kier alpha value is -2.85. The number of amides is 1. The van der Waals surface area contributed by atoms with Gasteiger partial charge >= 0.3 is 0 Å². The Morgan fingerprint density at radius 1 is 1.11 bits per heavy atom. The van der Waals surface area contributed by atoms with Crippen LogP contribution in [-0.4, -0.2) is 27.1 Å². The SMILES string of the molecule is Cc1cc(C)c(N(CC(=O)Nc2ccc(CC#N)cc2)S(C)(=O)=O)c(C)c1. The van der Waals surface area contributed by atoms with Gasteiger partial charge < -0.3 is 5.32 Å². The summed E-state index contributed by atoms with van der Waals surface area (Å²) < 4.78 is 25.8. The average Bonchev–Trinajstić information content (AvgIpc) is 2.54. The molecule has 2 aromatic carbocycles. The zero-order chi connectivity index (χ0) is 20.2. The molecule has 2 aromatic rings. The molecule has 27 heavy (non-hydrogen) atoms. The monoisotopic (exact) mass is 385 g/mol. The lowest BCUT2D eigenvalue weighted by Gasteiger charge is -2.26. The van der Waals surface area contributed by atoms with Crippen LogP contribution in [0.2, 0.25) is 0 Å². The van der Waals surface area contributed by atoms with E-state index in [1.54, 1.807) is 24.3 Å². The molecule has 7 heteroatoms. The Bertz CT molecular complexity index is 967. The van der Waals surface area contributed by atoms with E-state index in [9.17, 15) is 13.2 Å². The van der Waals surface area contributed by atoms with Crippen LogP contribution in [0.1, 0.15) is 22.3 Å². The third-order valence-corrected chi connectivity index (χ3v) is 5.21. The molecular weight excluding hydrogens is 362 g/mol. The molecule has 0 heterocycles. The largest absolute Gasteiger partial charge is 0.325 e. The Morgan fingerprint density at radius 3 is 2.15 bits per heavy atom. The minimum atomic E-state index is -3.64. The van der Waals surface area contributed by atoms with Crippen molar-refractivity contribution in [3.8, 4) is 6.07 Å². The van der Waals surface area contributed by atoms with Gasteiger partial charge in [-0.05, 0) is 49.6 Å². The lowest BCUT2D eigenvalue weighted by atomic mass is 10.1. The summed E-state index contributed by atoms with van der Waals surface area (Å²) in [5, 5.41) is 11.4. The molecule has 1 N–H and O–H groups in total. The summed E-state index contributed by atoms with van der Waals surface area (Å²) in [6.07, 6.45) is 1.39. The molecule has 0 aliphatic heterocycles. The molecule has 0 unspecified atom stereocenters. The molecule has 0 atom stereocenters. The van der Waals surface area contributed by atoms with Gasteiger partial charge in [-0.25, -0.2) is 8.42 Å². The Balaban J connectivity index is 2.25. The van der Waals surface area contributed by atoms with Crippen LogP contribution in [0.15, 0.2) is 36.4 Å². The molecule has 2 rings (SSSR count). The molecule has 0 aliphatic rings. The fourth-order valence-corrected chi connectivity index (χ4v) is 4.03. The van der Waals surface area contributed by atoms with E-state index < -0.39 is 15.9 Å². The smallest absolute Gasteiger partial charge is 0.245 e. The summed E-state index contributed by atoms with van der Waals surface area (Å²) in [7, 11) is -3.64. The van der Waals surface area contributed by atoms with Crippen LogP contribution in [0.5, 0.6) is 0 Å². The summed E-state index contributed by atoms with van der Waals surface area (Å²) in [6.45, 7) is 5.29. The van der Waals surface area contributed by atoms with E-state index in [-0.39, 0.29) is 6.54 Å². The highest BCUT2D eigenvalue weighted by Gasteiger charge is 2.24. The van der Waals surface area contributed by atoms with Crippen molar-refractivity contribution in [1.29, 1.82) is 5.26 Å². The second-order valence-electron chi connectivity index (χ2n) is 6.60. The topological polar surface area (TPSA) is 90.3 Å². The van der Waals surface area contributed by atoms with Gasteiger partial charge in [0.2, 0.25) is 15.9 Å². The lowest BCUT2D eigenvalue weighted by Crippen LogP contribution is -2.38. The molecule has 6 nitrogen and oxygen atoms in total. The number of aryl methyl sites for hydroxylation is 3. The summed E-state index contributed by atoms with van der Waals surface area (Å²) >= 11 is 0. The van der Waals surface area contributed by atoms with Gasteiger partial charge in [0.25, 0.3) is 0 Å². The van der Waals surface area contributed by atoms with Gasteiger partial charge in [0.1, 0.15) is 6.54 Å². The Kier molecular flexibility index (Phi) is 6.24. The van der Waals surface area contributed by atoms with Crippen LogP contribution in [0.3, 0.4) is 0 Å². The number of rotatable bonds is 6. The van der Waals surface area contributed by atoms with Gasteiger partial charge in [-0.2, -0.15) is 5.26 Å². The molecule has 0 bridgehead atoms. The van der Waals surface area contributed by atoms with Crippen molar-refractivity contribution in [3.63, 3.8) is 0 Å². The summed E-state index contributed by atoms with van der Waals surface area (Å²) in [5.74, 6) is -0.437. The fourth-order valence-electron chi connectivity index (χ4n) is 3.06. The van der Waals surface area contributed by atoms with Gasteiger partial charge in [-0.15, -0.1) is 0 Å². The maximum absolute atomic E-state index is 12.5. The zero-order valence-electron chi connectivity index (χ0n) is 15.9. The first-order valence-corrected chi connectivity index (χ1v) is 10.3. The van der Waals surface area contributed by atoms with Crippen molar-refractivity contribution in [2.75, 3.05) is 22.4 Å². The van der Waals surface area contributed by atoms with Crippen molar-refractivity contribution >= 4 is 27.3 Å². The highest BCUT2D eigenvalue weighted by molar-refractivity contribution is 7.92. The second kappa shape index (κ2) is 8.23. The first-order valence-electron chi connectivity index (χ1n) is 8.43. The molecule has 142 valence electrons. The Labute approximate surface area is 160 Å². The third-order valence-electron chi connectivity index (χ3n) is 4.09. The Morgan fingerprint density at radius 2 is 1.67 bits per heavy atom. The standard InChI is InChI=1S/C20H23N3O3S/c1-14-11-15(2)20(16(3)12-14)23(27(4,25)26)13-19(24)22-18-7-5-17(6-8-18)9-10-21/h5-8,11-12H,9,13H2,1-4H3,(H,22,24). The highest BCUT2D eigenvalue weighted by Crippen LogP contribution is 2.28. The minimum Gasteiger partial charge on any atom is -0.325 e. The highest BCUT2D eigenvalue weighted by atomic mass is 32.2. The maximum atomic E-state index is 12.5. The number of carbonyl (C=O) groups excluding carboxylic acids is 1. The van der Waals surface area contributed by atoms with E-state index in [2.05, 4.69) is 11.4 Å². The molecule has 0 saturated carbocycles. The molecule has 0 aliphatic carbocycles. The van der Waals surface area contributed by atoms with Gasteiger partial charge in [0.15, 0.2) is 0 Å². The third kappa shape index (κ3) is 5.31. The number of nitrogens with zero attached hydrogens (tertiary/aromatic N) is 2. The molecule has 0 saturated heterocycles. The van der Waals surface area contributed by atoms with E-state index in [0.29, 0.717) is 17.8 Å². The van der Waals surface area contributed by atoms with Crippen molar-refractivity contribution in [2.45, 2.75) is 27.2 Å². The fraction of sp³-hybridized carbons (Fsp3) is 0.300. The summed E-state index contributed by atoms with van der Waals surface area (Å²) in [4.78, 5) is 12.5. The van der Waals surface area contributed by atoms with E-state index >= 15 is 0 Å². The van der Waals surface area contributed by atoms with E-state index in [0.717, 1.165) is 32.8 Å². The van der Waals surface area contributed by atoms with Crippen molar-refractivity contribution in [3.05, 3.63) is 58.7 Å². The summed E-state index contributed by atoms with van der Waals surface area (Å²) in [6, 6.07) is 12.7. The predicted molar refractivity (Wildman–Crippen MR) is 107 cm³/mol. The van der Waals surface area contributed by atoms with Gasteiger partial charge in [0, 0.05) is 5.69 Å². The maximum Gasteiger partial charge on any atom is 0.245 e. The van der Waals surface area contributed by atoms with Crippen LogP contribution in [0.4, 0.5) is 11.4 Å². The quantitative estimate of drug-likeness (QED) is 0.827. The van der Waals surface area contributed by atoms with E-state index in [4.69, 9.17) is 5.26 Å². The minimum absolute atomic E-state index is 0.294. The molecule has 0 fully saturated rings. The van der Waals surface area contributed by atoms with Crippen LogP contribution in [0.25, 0.3) is 0 Å².